The van der Waals surface area contributed by atoms with Crippen molar-refractivity contribution in [1.29, 1.82) is 0 Å². The van der Waals surface area contributed by atoms with E-state index in [0.717, 1.165) is 0 Å². The molecule has 0 saturated heterocycles. The van der Waals surface area contributed by atoms with Gasteiger partial charge in [-0.15, -0.1) is 0 Å². The summed E-state index contributed by atoms with van der Waals surface area (Å²) in [6.07, 6.45) is -1.40. The lowest BCUT2D eigenvalue weighted by atomic mass is 9.96. The van der Waals surface area contributed by atoms with Crippen LogP contribution in [0.1, 0.15) is 32.4 Å². The third kappa shape index (κ3) is 5.59. The predicted octanol–water partition coefficient (Wildman–Crippen LogP) is 1.85. The molecular formula is C15H23NO4. The highest BCUT2D eigenvalue weighted by Gasteiger charge is 2.22. The summed E-state index contributed by atoms with van der Waals surface area (Å²) >= 11 is 0. The zero-order chi connectivity index (χ0) is 15.2. The van der Waals surface area contributed by atoms with E-state index in [9.17, 15) is 15.0 Å². The predicted molar refractivity (Wildman–Crippen MR) is 76.2 cm³/mol. The Kier molecular flexibility index (Phi) is 5.98. The first-order valence-electron chi connectivity index (χ1n) is 6.64. The minimum absolute atomic E-state index is 0.140. The number of hydrogen-bond acceptors (Lipinski definition) is 4. The normalized spacial score (nSPS) is 14.4. The third-order valence-corrected chi connectivity index (χ3v) is 2.73. The molecule has 1 aromatic carbocycles. The van der Waals surface area contributed by atoms with Crippen LogP contribution in [0.5, 0.6) is 0 Å². The molecule has 0 heterocycles. The molecule has 0 aliphatic carbocycles. The summed E-state index contributed by atoms with van der Waals surface area (Å²) in [6.45, 7) is 5.23. The van der Waals surface area contributed by atoms with Gasteiger partial charge in [-0.3, -0.25) is 0 Å². The smallest absolute Gasteiger partial charge is 0.407 e. The summed E-state index contributed by atoms with van der Waals surface area (Å²) in [5.41, 5.74) is 0.133. The Morgan fingerprint density at radius 3 is 2.40 bits per heavy atom. The van der Waals surface area contributed by atoms with Gasteiger partial charge < -0.3 is 20.3 Å². The molecule has 0 saturated carbocycles. The molecule has 5 nitrogen and oxygen atoms in total. The van der Waals surface area contributed by atoms with Crippen LogP contribution >= 0.6 is 0 Å². The number of rotatable bonds is 5. The zero-order valence-electron chi connectivity index (χ0n) is 12.2. The fourth-order valence-electron chi connectivity index (χ4n) is 1.73. The number of carbonyl (C=O) groups excluding carboxylic acids is 1. The van der Waals surface area contributed by atoms with Crippen molar-refractivity contribution in [3.05, 3.63) is 35.9 Å². The summed E-state index contributed by atoms with van der Waals surface area (Å²) in [5.74, 6) is -0.482. The molecule has 112 valence electrons. The van der Waals surface area contributed by atoms with Crippen molar-refractivity contribution >= 4 is 6.09 Å². The van der Waals surface area contributed by atoms with Gasteiger partial charge in [0, 0.05) is 12.5 Å². The number of benzene rings is 1. The van der Waals surface area contributed by atoms with E-state index < -0.39 is 23.7 Å². The fourth-order valence-corrected chi connectivity index (χ4v) is 1.73. The van der Waals surface area contributed by atoms with E-state index in [-0.39, 0.29) is 13.2 Å². The molecule has 3 N–H and O–H groups in total. The SMILES string of the molecule is CC(C)(C)OC(=O)NCC(CO)C(O)c1ccccc1. The number of alkyl carbamates (subject to hydrolysis) is 1. The third-order valence-electron chi connectivity index (χ3n) is 2.73. The summed E-state index contributed by atoms with van der Waals surface area (Å²) in [6, 6.07) is 9.04. The van der Waals surface area contributed by atoms with E-state index >= 15 is 0 Å². The van der Waals surface area contributed by atoms with E-state index in [1.165, 1.54) is 0 Å². The van der Waals surface area contributed by atoms with Crippen LogP contribution < -0.4 is 5.32 Å². The molecule has 0 fully saturated rings. The fraction of sp³-hybridized carbons (Fsp3) is 0.533. The average molecular weight is 281 g/mol. The number of ether oxygens (including phenoxy) is 1. The molecule has 2 unspecified atom stereocenters. The largest absolute Gasteiger partial charge is 0.444 e. The van der Waals surface area contributed by atoms with Crippen molar-refractivity contribution < 1.29 is 19.7 Å². The van der Waals surface area contributed by atoms with Gasteiger partial charge in [-0.2, -0.15) is 0 Å². The van der Waals surface area contributed by atoms with Gasteiger partial charge in [-0.1, -0.05) is 30.3 Å². The lowest BCUT2D eigenvalue weighted by Gasteiger charge is -2.24. The van der Waals surface area contributed by atoms with E-state index in [0.29, 0.717) is 5.56 Å². The Bertz CT molecular complexity index is 414. The highest BCUT2D eigenvalue weighted by Crippen LogP contribution is 2.21. The summed E-state index contributed by atoms with van der Waals surface area (Å²) in [4.78, 5) is 11.5. The van der Waals surface area contributed by atoms with Gasteiger partial charge in [0.1, 0.15) is 5.60 Å². The molecule has 2 atom stereocenters. The number of hydrogen-bond donors (Lipinski definition) is 3. The first-order chi connectivity index (χ1) is 9.33. The van der Waals surface area contributed by atoms with Crippen LogP contribution in [0.25, 0.3) is 0 Å². The number of aliphatic hydroxyl groups excluding tert-OH is 2. The molecule has 0 bridgehead atoms. The van der Waals surface area contributed by atoms with Crippen LogP contribution in [-0.4, -0.2) is 35.1 Å². The Labute approximate surface area is 119 Å². The number of nitrogens with one attached hydrogen (secondary N) is 1. The Balaban J connectivity index is 2.53. The van der Waals surface area contributed by atoms with E-state index in [1.54, 1.807) is 32.9 Å². The van der Waals surface area contributed by atoms with Crippen molar-refractivity contribution in [3.63, 3.8) is 0 Å². The topological polar surface area (TPSA) is 78.8 Å². The molecule has 0 aromatic heterocycles. The van der Waals surface area contributed by atoms with Gasteiger partial charge in [-0.05, 0) is 26.3 Å². The molecular weight excluding hydrogens is 258 g/mol. The molecule has 0 radical (unpaired) electrons. The highest BCUT2D eigenvalue weighted by molar-refractivity contribution is 5.67. The van der Waals surface area contributed by atoms with Crippen LogP contribution in [0, 0.1) is 5.92 Å². The molecule has 1 aromatic rings. The Hall–Kier alpha value is -1.59. The lowest BCUT2D eigenvalue weighted by molar-refractivity contribution is 0.0421. The maximum absolute atomic E-state index is 11.5. The van der Waals surface area contributed by atoms with Crippen molar-refractivity contribution in [1.82, 2.24) is 5.32 Å². The minimum Gasteiger partial charge on any atom is -0.444 e. The Morgan fingerprint density at radius 1 is 1.30 bits per heavy atom. The highest BCUT2D eigenvalue weighted by atomic mass is 16.6. The van der Waals surface area contributed by atoms with Gasteiger partial charge in [0.25, 0.3) is 0 Å². The molecule has 1 rings (SSSR count). The van der Waals surface area contributed by atoms with Crippen LogP contribution in [0.15, 0.2) is 30.3 Å². The Morgan fingerprint density at radius 2 is 1.90 bits per heavy atom. The second-order valence-corrected chi connectivity index (χ2v) is 5.68. The minimum atomic E-state index is -0.837. The molecule has 1 amide bonds. The number of amides is 1. The first kappa shape index (κ1) is 16.5. The van der Waals surface area contributed by atoms with Gasteiger partial charge >= 0.3 is 6.09 Å². The van der Waals surface area contributed by atoms with E-state index in [1.807, 2.05) is 18.2 Å². The van der Waals surface area contributed by atoms with Crippen molar-refractivity contribution in [2.75, 3.05) is 13.2 Å². The quantitative estimate of drug-likeness (QED) is 0.769. The van der Waals surface area contributed by atoms with E-state index in [2.05, 4.69) is 5.32 Å². The monoisotopic (exact) mass is 281 g/mol. The second-order valence-electron chi connectivity index (χ2n) is 5.68. The lowest BCUT2D eigenvalue weighted by Crippen LogP contribution is -2.37. The number of aliphatic hydroxyl groups is 2. The molecule has 5 heteroatoms. The van der Waals surface area contributed by atoms with Gasteiger partial charge in [0.15, 0.2) is 0 Å². The van der Waals surface area contributed by atoms with Gasteiger partial charge in [-0.25, -0.2) is 4.79 Å². The second kappa shape index (κ2) is 7.26. The zero-order valence-corrected chi connectivity index (χ0v) is 12.2. The van der Waals surface area contributed by atoms with Crippen LogP contribution in [-0.2, 0) is 4.74 Å². The molecule has 20 heavy (non-hydrogen) atoms. The van der Waals surface area contributed by atoms with Gasteiger partial charge in [0.2, 0.25) is 0 Å². The summed E-state index contributed by atoms with van der Waals surface area (Å²) in [5, 5.41) is 22.1. The van der Waals surface area contributed by atoms with Gasteiger partial charge in [0.05, 0.1) is 12.7 Å². The summed E-state index contributed by atoms with van der Waals surface area (Å²) in [7, 11) is 0. The van der Waals surface area contributed by atoms with Crippen LogP contribution in [0.3, 0.4) is 0 Å². The molecule has 0 aliphatic heterocycles. The van der Waals surface area contributed by atoms with E-state index in [4.69, 9.17) is 4.74 Å². The molecule has 0 spiro atoms. The van der Waals surface area contributed by atoms with Crippen LogP contribution in [0.4, 0.5) is 4.79 Å². The molecule has 0 aliphatic rings. The van der Waals surface area contributed by atoms with Crippen molar-refractivity contribution in [2.45, 2.75) is 32.5 Å². The first-order valence-corrected chi connectivity index (χ1v) is 6.64. The maximum Gasteiger partial charge on any atom is 0.407 e. The van der Waals surface area contributed by atoms with Crippen LogP contribution in [0.2, 0.25) is 0 Å². The standard InChI is InChI=1S/C15H23NO4/c1-15(2,3)20-14(19)16-9-12(10-17)13(18)11-7-5-4-6-8-11/h4-8,12-13,17-18H,9-10H2,1-3H3,(H,16,19). The van der Waals surface area contributed by atoms with Crippen molar-refractivity contribution in [2.24, 2.45) is 5.92 Å². The number of carbonyl (C=O) groups is 1. The maximum atomic E-state index is 11.5. The average Bonchev–Trinajstić information content (AvgIpc) is 2.38. The summed E-state index contributed by atoms with van der Waals surface area (Å²) < 4.78 is 5.10. The van der Waals surface area contributed by atoms with Crippen molar-refractivity contribution in [3.8, 4) is 0 Å².